The maximum absolute atomic E-state index is 9.65. The molecule has 1 aliphatic rings. The first-order valence-electron chi connectivity index (χ1n) is 4.94. The summed E-state index contributed by atoms with van der Waals surface area (Å²) in [4.78, 5) is 0. The van der Waals surface area contributed by atoms with Crippen LogP contribution in [0, 0.1) is 0 Å². The minimum atomic E-state index is -0.590. The third-order valence-corrected chi connectivity index (χ3v) is 2.42. The summed E-state index contributed by atoms with van der Waals surface area (Å²) < 4.78 is 10.3. The highest BCUT2D eigenvalue weighted by atomic mass is 16.6. The van der Waals surface area contributed by atoms with Gasteiger partial charge in [0.2, 0.25) is 0 Å². The molecule has 15 heavy (non-hydrogen) atoms. The third-order valence-electron chi connectivity index (χ3n) is 2.42. The quantitative estimate of drug-likeness (QED) is 0.588. The second-order valence-electron chi connectivity index (χ2n) is 3.50. The summed E-state index contributed by atoms with van der Waals surface area (Å²) in [6.45, 7) is 3.65. The summed E-state index contributed by atoms with van der Waals surface area (Å²) in [6, 6.07) is 9.86. The van der Waals surface area contributed by atoms with Crippen molar-refractivity contribution in [3.05, 3.63) is 48.7 Å². The predicted octanol–water partition coefficient (Wildman–Crippen LogP) is 1.65. The molecule has 1 saturated heterocycles. The van der Waals surface area contributed by atoms with Gasteiger partial charge in [-0.25, -0.2) is 0 Å². The average molecular weight is 206 g/mol. The summed E-state index contributed by atoms with van der Waals surface area (Å²) in [6.07, 6.45) is 0.596. The molecule has 2 rings (SSSR count). The van der Waals surface area contributed by atoms with Crippen molar-refractivity contribution in [2.45, 2.75) is 18.3 Å². The lowest BCUT2D eigenvalue weighted by Crippen LogP contribution is -2.20. The van der Waals surface area contributed by atoms with Crippen molar-refractivity contribution >= 4 is 0 Å². The second-order valence-corrected chi connectivity index (χ2v) is 3.50. The van der Waals surface area contributed by atoms with Crippen molar-refractivity contribution in [1.82, 2.24) is 0 Å². The van der Waals surface area contributed by atoms with Gasteiger partial charge < -0.3 is 14.6 Å². The van der Waals surface area contributed by atoms with Gasteiger partial charge in [-0.15, -0.1) is 0 Å². The van der Waals surface area contributed by atoms with E-state index in [0.29, 0.717) is 0 Å². The molecule has 3 heteroatoms. The zero-order chi connectivity index (χ0) is 10.7. The number of aliphatic hydroxyl groups excluding tert-OH is 1. The number of hydrogen-bond donors (Lipinski definition) is 1. The van der Waals surface area contributed by atoms with Crippen LogP contribution in [0.25, 0.3) is 0 Å². The molecule has 3 unspecified atom stereocenters. The molecule has 0 amide bonds. The summed E-state index contributed by atoms with van der Waals surface area (Å²) in [7, 11) is 0. The van der Waals surface area contributed by atoms with Crippen LogP contribution in [0.15, 0.2) is 43.2 Å². The maximum Gasteiger partial charge on any atom is 0.118 e. The van der Waals surface area contributed by atoms with Crippen LogP contribution in [0.1, 0.15) is 11.7 Å². The van der Waals surface area contributed by atoms with Crippen LogP contribution in [0.5, 0.6) is 0 Å². The van der Waals surface area contributed by atoms with Crippen molar-refractivity contribution in [2.24, 2.45) is 0 Å². The van der Waals surface area contributed by atoms with Crippen molar-refractivity contribution in [1.29, 1.82) is 0 Å². The van der Waals surface area contributed by atoms with Crippen LogP contribution in [0.3, 0.4) is 0 Å². The lowest BCUT2D eigenvalue weighted by molar-refractivity contribution is 0.0622. The third kappa shape index (κ3) is 2.37. The van der Waals surface area contributed by atoms with Crippen LogP contribution >= 0.6 is 0 Å². The second kappa shape index (κ2) is 4.47. The van der Waals surface area contributed by atoms with Gasteiger partial charge in [0.25, 0.3) is 0 Å². The monoisotopic (exact) mass is 206 g/mol. The molecule has 0 bridgehead atoms. The first kappa shape index (κ1) is 10.2. The van der Waals surface area contributed by atoms with Crippen molar-refractivity contribution in [2.75, 3.05) is 6.61 Å². The lowest BCUT2D eigenvalue weighted by atomic mass is 10.1. The highest BCUT2D eigenvalue weighted by Gasteiger charge is 2.45. The van der Waals surface area contributed by atoms with Gasteiger partial charge in [0.05, 0.1) is 6.26 Å². The Labute approximate surface area is 88.9 Å². The maximum atomic E-state index is 9.65. The van der Waals surface area contributed by atoms with Gasteiger partial charge in [-0.05, 0) is 5.56 Å². The Morgan fingerprint density at radius 3 is 2.87 bits per heavy atom. The molecular weight excluding hydrogens is 192 g/mol. The Hall–Kier alpha value is -1.32. The molecule has 0 saturated carbocycles. The van der Waals surface area contributed by atoms with E-state index in [9.17, 15) is 5.11 Å². The molecule has 0 aromatic heterocycles. The minimum absolute atomic E-state index is 0.00890. The fourth-order valence-corrected chi connectivity index (χ4v) is 1.59. The van der Waals surface area contributed by atoms with Crippen LogP contribution < -0.4 is 0 Å². The molecule has 3 nitrogen and oxygen atoms in total. The Kier molecular flexibility index (Phi) is 3.04. The topological polar surface area (TPSA) is 42.0 Å². The Bertz CT molecular complexity index is 323. The molecular formula is C12H14O3. The van der Waals surface area contributed by atoms with E-state index >= 15 is 0 Å². The Morgan fingerprint density at radius 2 is 2.20 bits per heavy atom. The molecule has 1 N–H and O–H groups in total. The summed E-state index contributed by atoms with van der Waals surface area (Å²) >= 11 is 0. The highest BCUT2D eigenvalue weighted by molar-refractivity contribution is 5.22. The van der Waals surface area contributed by atoms with E-state index in [1.807, 2.05) is 30.3 Å². The molecule has 1 heterocycles. The number of aliphatic hydroxyl groups is 1. The molecule has 0 spiro atoms. The van der Waals surface area contributed by atoms with Gasteiger partial charge in [-0.3, -0.25) is 0 Å². The van der Waals surface area contributed by atoms with E-state index in [2.05, 4.69) is 6.58 Å². The van der Waals surface area contributed by atoms with Crippen LogP contribution in [0.4, 0.5) is 0 Å². The van der Waals surface area contributed by atoms with Gasteiger partial charge in [0.1, 0.15) is 24.9 Å². The first-order chi connectivity index (χ1) is 7.33. The SMILES string of the molecule is C=COCC(O)C1OC1c1ccccc1. The van der Waals surface area contributed by atoms with Crippen LogP contribution in [-0.4, -0.2) is 23.9 Å². The Morgan fingerprint density at radius 1 is 1.47 bits per heavy atom. The van der Waals surface area contributed by atoms with E-state index in [1.54, 1.807) is 0 Å². The highest BCUT2D eigenvalue weighted by Crippen LogP contribution is 2.40. The fraction of sp³-hybridized carbons (Fsp3) is 0.333. The predicted molar refractivity (Wildman–Crippen MR) is 56.2 cm³/mol. The van der Waals surface area contributed by atoms with Crippen molar-refractivity contribution < 1.29 is 14.6 Å². The lowest BCUT2D eigenvalue weighted by Gasteiger charge is -2.06. The fourth-order valence-electron chi connectivity index (χ4n) is 1.59. The molecule has 0 aliphatic carbocycles. The largest absolute Gasteiger partial charge is 0.499 e. The zero-order valence-corrected chi connectivity index (χ0v) is 8.37. The van der Waals surface area contributed by atoms with Crippen LogP contribution in [-0.2, 0) is 9.47 Å². The number of rotatable bonds is 5. The first-order valence-corrected chi connectivity index (χ1v) is 4.94. The number of epoxide rings is 1. The minimum Gasteiger partial charge on any atom is -0.499 e. The summed E-state index contributed by atoms with van der Waals surface area (Å²) in [5, 5.41) is 9.65. The molecule has 80 valence electrons. The van der Waals surface area contributed by atoms with E-state index in [0.717, 1.165) is 5.56 Å². The van der Waals surface area contributed by atoms with Crippen molar-refractivity contribution in [3.63, 3.8) is 0 Å². The Balaban J connectivity index is 1.88. The number of benzene rings is 1. The van der Waals surface area contributed by atoms with E-state index in [-0.39, 0.29) is 18.8 Å². The molecule has 1 aliphatic heterocycles. The number of hydrogen-bond acceptors (Lipinski definition) is 3. The molecule has 3 atom stereocenters. The molecule has 1 fully saturated rings. The van der Waals surface area contributed by atoms with Crippen molar-refractivity contribution in [3.8, 4) is 0 Å². The number of ether oxygens (including phenoxy) is 2. The average Bonchev–Trinajstić information content (AvgIpc) is 3.07. The zero-order valence-electron chi connectivity index (χ0n) is 8.37. The van der Waals surface area contributed by atoms with Gasteiger partial charge in [-0.2, -0.15) is 0 Å². The van der Waals surface area contributed by atoms with Gasteiger partial charge in [0.15, 0.2) is 0 Å². The van der Waals surface area contributed by atoms with Gasteiger partial charge in [-0.1, -0.05) is 36.9 Å². The summed E-state index contributed by atoms with van der Waals surface area (Å²) in [5.41, 5.74) is 1.10. The smallest absolute Gasteiger partial charge is 0.118 e. The van der Waals surface area contributed by atoms with Crippen LogP contribution in [0.2, 0.25) is 0 Å². The normalized spacial score (nSPS) is 25.7. The standard InChI is InChI=1S/C12H14O3/c1-2-14-8-10(13)12-11(15-12)9-6-4-3-5-7-9/h2-7,10-13H,1,8H2. The van der Waals surface area contributed by atoms with Gasteiger partial charge >= 0.3 is 0 Å². The molecule has 1 aromatic rings. The summed E-state index contributed by atoms with van der Waals surface area (Å²) in [5.74, 6) is 0. The van der Waals surface area contributed by atoms with E-state index in [4.69, 9.17) is 9.47 Å². The molecule has 1 aromatic carbocycles. The van der Waals surface area contributed by atoms with E-state index < -0.39 is 6.10 Å². The van der Waals surface area contributed by atoms with Gasteiger partial charge in [0, 0.05) is 0 Å². The molecule has 0 radical (unpaired) electrons. The van der Waals surface area contributed by atoms with E-state index in [1.165, 1.54) is 6.26 Å².